The summed E-state index contributed by atoms with van der Waals surface area (Å²) in [5, 5.41) is 3.11. The second-order valence-corrected chi connectivity index (χ2v) is 5.86. The van der Waals surface area contributed by atoms with E-state index in [-0.39, 0.29) is 36.3 Å². The minimum absolute atomic E-state index is 0. The molecule has 0 aliphatic heterocycles. The van der Waals surface area contributed by atoms with Gasteiger partial charge in [-0.25, -0.2) is 0 Å². The number of hydrogen-bond donors (Lipinski definition) is 2. The van der Waals surface area contributed by atoms with Gasteiger partial charge in [0.15, 0.2) is 0 Å². The predicted octanol–water partition coefficient (Wildman–Crippen LogP) is 3.20. The molecular formula is C17H27ClN2O2. The lowest BCUT2D eigenvalue weighted by molar-refractivity contribution is -0.126. The maximum absolute atomic E-state index is 12.3. The standard InChI is InChI=1S/C17H26N2O2.ClH/c1-3-21-16-9-5-6-13(11-16)12(2)19-17(20)14-7-4-8-15(18)10-14;/h5-6,9,11-12,14-15H,3-4,7-8,10,18H2,1-2H3,(H,19,20);1H. The van der Waals surface area contributed by atoms with Crippen molar-refractivity contribution in [2.45, 2.75) is 51.6 Å². The molecule has 1 amide bonds. The smallest absolute Gasteiger partial charge is 0.223 e. The molecule has 0 spiro atoms. The van der Waals surface area contributed by atoms with Gasteiger partial charge in [-0.05, 0) is 50.8 Å². The van der Waals surface area contributed by atoms with Gasteiger partial charge in [0.2, 0.25) is 5.91 Å². The predicted molar refractivity (Wildman–Crippen MR) is 91.4 cm³/mol. The van der Waals surface area contributed by atoms with Crippen molar-refractivity contribution >= 4 is 18.3 Å². The van der Waals surface area contributed by atoms with Gasteiger partial charge in [0.05, 0.1) is 12.6 Å². The van der Waals surface area contributed by atoms with Crippen LogP contribution in [0.4, 0.5) is 0 Å². The fourth-order valence-electron chi connectivity index (χ4n) is 2.92. The molecule has 3 N–H and O–H groups in total. The molecule has 0 heterocycles. The van der Waals surface area contributed by atoms with E-state index >= 15 is 0 Å². The second-order valence-electron chi connectivity index (χ2n) is 5.86. The molecule has 5 heteroatoms. The maximum atomic E-state index is 12.3. The first-order chi connectivity index (χ1) is 10.1. The topological polar surface area (TPSA) is 64.3 Å². The molecule has 4 nitrogen and oxygen atoms in total. The highest BCUT2D eigenvalue weighted by molar-refractivity contribution is 5.85. The van der Waals surface area contributed by atoms with E-state index in [9.17, 15) is 4.79 Å². The van der Waals surface area contributed by atoms with Crippen LogP contribution in [0.1, 0.15) is 51.1 Å². The Morgan fingerprint density at radius 3 is 2.91 bits per heavy atom. The van der Waals surface area contributed by atoms with E-state index in [1.165, 1.54) is 0 Å². The summed E-state index contributed by atoms with van der Waals surface area (Å²) in [7, 11) is 0. The molecule has 0 bridgehead atoms. The number of ether oxygens (including phenoxy) is 1. The molecule has 1 aliphatic rings. The normalized spacial score (nSPS) is 22.3. The molecule has 3 atom stereocenters. The van der Waals surface area contributed by atoms with E-state index < -0.39 is 0 Å². The molecule has 2 rings (SSSR count). The summed E-state index contributed by atoms with van der Waals surface area (Å²) >= 11 is 0. The van der Waals surface area contributed by atoms with Crippen LogP contribution in [0.25, 0.3) is 0 Å². The zero-order valence-corrected chi connectivity index (χ0v) is 14.2. The third kappa shape index (κ3) is 5.18. The minimum atomic E-state index is -0.0175. The van der Waals surface area contributed by atoms with Gasteiger partial charge in [-0.1, -0.05) is 18.6 Å². The molecule has 1 aromatic carbocycles. The highest BCUT2D eigenvalue weighted by atomic mass is 35.5. The number of rotatable bonds is 5. The van der Waals surface area contributed by atoms with E-state index in [1.807, 2.05) is 38.1 Å². The number of carbonyl (C=O) groups excluding carboxylic acids is 1. The third-order valence-corrected chi connectivity index (χ3v) is 4.11. The number of carbonyl (C=O) groups is 1. The summed E-state index contributed by atoms with van der Waals surface area (Å²) in [5.41, 5.74) is 7.03. The number of amides is 1. The van der Waals surface area contributed by atoms with Crippen LogP contribution in [0.2, 0.25) is 0 Å². The van der Waals surface area contributed by atoms with Crippen LogP contribution in [-0.4, -0.2) is 18.6 Å². The molecule has 0 radical (unpaired) electrons. The van der Waals surface area contributed by atoms with Gasteiger partial charge in [-0.15, -0.1) is 12.4 Å². The zero-order valence-electron chi connectivity index (χ0n) is 13.4. The molecule has 1 saturated carbocycles. The average molecular weight is 327 g/mol. The summed E-state index contributed by atoms with van der Waals surface area (Å²) in [6, 6.07) is 8.05. The van der Waals surface area contributed by atoms with Crippen molar-refractivity contribution < 1.29 is 9.53 Å². The summed E-state index contributed by atoms with van der Waals surface area (Å²) in [4.78, 5) is 12.3. The lowest BCUT2D eigenvalue weighted by atomic mass is 9.85. The summed E-state index contributed by atoms with van der Waals surface area (Å²) in [6.07, 6.45) is 3.84. The molecule has 3 unspecified atom stereocenters. The zero-order chi connectivity index (χ0) is 15.2. The Balaban J connectivity index is 0.00000242. The van der Waals surface area contributed by atoms with Crippen LogP contribution in [0.15, 0.2) is 24.3 Å². The highest BCUT2D eigenvalue weighted by Gasteiger charge is 2.26. The van der Waals surface area contributed by atoms with E-state index in [0.717, 1.165) is 37.0 Å². The largest absolute Gasteiger partial charge is 0.494 e. The fraction of sp³-hybridized carbons (Fsp3) is 0.588. The fourth-order valence-corrected chi connectivity index (χ4v) is 2.92. The molecular weight excluding hydrogens is 300 g/mol. The average Bonchev–Trinajstić information content (AvgIpc) is 2.48. The van der Waals surface area contributed by atoms with E-state index in [0.29, 0.717) is 6.61 Å². The highest BCUT2D eigenvalue weighted by Crippen LogP contribution is 2.25. The van der Waals surface area contributed by atoms with Crippen LogP contribution in [0.5, 0.6) is 5.75 Å². The van der Waals surface area contributed by atoms with Crippen molar-refractivity contribution in [1.82, 2.24) is 5.32 Å². The summed E-state index contributed by atoms with van der Waals surface area (Å²) < 4.78 is 5.50. The molecule has 1 aliphatic carbocycles. The molecule has 124 valence electrons. The van der Waals surface area contributed by atoms with Gasteiger partial charge in [0.25, 0.3) is 0 Å². The number of benzene rings is 1. The van der Waals surface area contributed by atoms with Crippen molar-refractivity contribution in [2.75, 3.05) is 6.61 Å². The SMILES string of the molecule is CCOc1cccc(C(C)NC(=O)C2CCCC(N)C2)c1.Cl. The van der Waals surface area contributed by atoms with E-state index in [2.05, 4.69) is 5.32 Å². The lowest BCUT2D eigenvalue weighted by Gasteiger charge is -2.27. The minimum Gasteiger partial charge on any atom is -0.494 e. The van der Waals surface area contributed by atoms with Crippen LogP contribution in [0.3, 0.4) is 0 Å². The molecule has 0 saturated heterocycles. The van der Waals surface area contributed by atoms with E-state index in [4.69, 9.17) is 10.5 Å². The molecule has 1 fully saturated rings. The Morgan fingerprint density at radius 2 is 2.23 bits per heavy atom. The van der Waals surface area contributed by atoms with Crippen LogP contribution in [-0.2, 0) is 4.79 Å². The Hall–Kier alpha value is -1.26. The van der Waals surface area contributed by atoms with Crippen molar-refractivity contribution in [3.8, 4) is 5.75 Å². The number of hydrogen-bond acceptors (Lipinski definition) is 3. The van der Waals surface area contributed by atoms with Gasteiger partial charge in [-0.3, -0.25) is 4.79 Å². The van der Waals surface area contributed by atoms with Gasteiger partial charge >= 0.3 is 0 Å². The van der Waals surface area contributed by atoms with Crippen molar-refractivity contribution in [2.24, 2.45) is 11.7 Å². The number of nitrogens with two attached hydrogens (primary N) is 1. The quantitative estimate of drug-likeness (QED) is 0.873. The van der Waals surface area contributed by atoms with E-state index in [1.54, 1.807) is 0 Å². The Bertz CT molecular complexity index is 481. The Labute approximate surface area is 139 Å². The van der Waals surface area contributed by atoms with Crippen molar-refractivity contribution in [3.05, 3.63) is 29.8 Å². The Morgan fingerprint density at radius 1 is 1.45 bits per heavy atom. The summed E-state index contributed by atoms with van der Waals surface area (Å²) in [6.45, 7) is 4.61. The third-order valence-electron chi connectivity index (χ3n) is 4.11. The molecule has 1 aromatic rings. The monoisotopic (exact) mass is 326 g/mol. The second kappa shape index (κ2) is 9.01. The van der Waals surface area contributed by atoms with Crippen LogP contribution < -0.4 is 15.8 Å². The number of nitrogens with one attached hydrogen (secondary N) is 1. The van der Waals surface area contributed by atoms with Crippen LogP contribution in [0, 0.1) is 5.92 Å². The maximum Gasteiger partial charge on any atom is 0.223 e. The summed E-state index contributed by atoms with van der Waals surface area (Å²) in [5.74, 6) is 1.03. The van der Waals surface area contributed by atoms with Gasteiger partial charge < -0.3 is 15.8 Å². The van der Waals surface area contributed by atoms with Gasteiger partial charge in [0.1, 0.15) is 5.75 Å². The van der Waals surface area contributed by atoms with Gasteiger partial charge in [-0.2, -0.15) is 0 Å². The molecule has 22 heavy (non-hydrogen) atoms. The Kier molecular flexibility index (Phi) is 7.69. The van der Waals surface area contributed by atoms with Crippen LogP contribution >= 0.6 is 12.4 Å². The first kappa shape index (κ1) is 18.8. The molecule has 0 aromatic heterocycles. The first-order valence-corrected chi connectivity index (χ1v) is 7.89. The number of halogens is 1. The van der Waals surface area contributed by atoms with Crippen molar-refractivity contribution in [1.29, 1.82) is 0 Å². The lowest BCUT2D eigenvalue weighted by Crippen LogP contribution is -2.38. The van der Waals surface area contributed by atoms with Gasteiger partial charge in [0, 0.05) is 12.0 Å². The van der Waals surface area contributed by atoms with Crippen molar-refractivity contribution in [3.63, 3.8) is 0 Å². The first-order valence-electron chi connectivity index (χ1n) is 7.89.